The maximum absolute atomic E-state index is 12.4. The zero-order chi connectivity index (χ0) is 10.3. The van der Waals surface area contributed by atoms with Gasteiger partial charge in [0.05, 0.1) is 0 Å². The minimum Gasteiger partial charge on any atom is -0.445 e. The maximum atomic E-state index is 12.4. The molecule has 0 amide bonds. The molecule has 2 N–H and O–H groups in total. The number of hydrogen-bond acceptors (Lipinski definition) is 1. The molecule has 15 heavy (non-hydrogen) atoms. The monoisotopic (exact) mass is 239 g/mol. The van der Waals surface area contributed by atoms with Crippen LogP contribution in [-0.4, -0.2) is 13.0 Å². The van der Waals surface area contributed by atoms with E-state index >= 15 is 0 Å². The molecule has 0 fully saturated rings. The molecule has 0 spiro atoms. The third kappa shape index (κ3) is 3.08. The fourth-order valence-electron chi connectivity index (χ4n) is 1.88. The van der Waals surface area contributed by atoms with Gasteiger partial charge in [0.2, 0.25) is 0 Å². The normalized spacial score (nSPS) is 19.6. The minimum absolute atomic E-state index is 0. The Balaban J connectivity index is 0.00000112. The van der Waals surface area contributed by atoms with Gasteiger partial charge < -0.3 is 18.7 Å². The SMILES string of the molecule is NC1Cc2ccc([B-](F)(F)F)cc2C1.[K+]. The van der Waals surface area contributed by atoms with Crippen LogP contribution in [0.4, 0.5) is 12.9 Å². The van der Waals surface area contributed by atoms with E-state index in [0.29, 0.717) is 12.8 Å². The fourth-order valence-corrected chi connectivity index (χ4v) is 1.88. The van der Waals surface area contributed by atoms with Crippen LogP contribution in [-0.2, 0) is 12.8 Å². The van der Waals surface area contributed by atoms with Crippen LogP contribution >= 0.6 is 0 Å². The molecule has 0 heterocycles. The molecule has 1 aromatic carbocycles. The minimum atomic E-state index is -4.87. The van der Waals surface area contributed by atoms with Crippen LogP contribution < -0.4 is 62.6 Å². The van der Waals surface area contributed by atoms with Crippen molar-refractivity contribution in [2.75, 3.05) is 0 Å². The van der Waals surface area contributed by atoms with E-state index in [4.69, 9.17) is 5.73 Å². The summed E-state index contributed by atoms with van der Waals surface area (Å²) in [6.45, 7) is -4.87. The standard InChI is InChI=1S/C9H10BF3N.K/c11-10(12,13)8-2-1-6-4-9(14)5-7(6)3-8;/h1-3,9H,4-5,14H2;/q-1;+1. The summed E-state index contributed by atoms with van der Waals surface area (Å²) in [6, 6.07) is 3.92. The molecule has 0 bridgehead atoms. The first-order valence-corrected chi connectivity index (χ1v) is 4.54. The van der Waals surface area contributed by atoms with Crippen LogP contribution in [0.25, 0.3) is 0 Å². The van der Waals surface area contributed by atoms with Gasteiger partial charge in [-0.3, -0.25) is 0 Å². The third-order valence-electron chi connectivity index (χ3n) is 2.57. The van der Waals surface area contributed by atoms with E-state index in [1.807, 2.05) is 0 Å². The summed E-state index contributed by atoms with van der Waals surface area (Å²) in [5.41, 5.74) is 6.87. The predicted octanol–water partition coefficient (Wildman–Crippen LogP) is -1.83. The predicted molar refractivity (Wildman–Crippen MR) is 50.5 cm³/mol. The Kier molecular flexibility index (Phi) is 4.48. The van der Waals surface area contributed by atoms with E-state index in [9.17, 15) is 12.9 Å². The second-order valence-corrected chi connectivity index (χ2v) is 3.77. The van der Waals surface area contributed by atoms with Crippen molar-refractivity contribution in [3.8, 4) is 0 Å². The first kappa shape index (κ1) is 13.7. The summed E-state index contributed by atoms with van der Waals surface area (Å²) in [4.78, 5) is 0. The fraction of sp³-hybridized carbons (Fsp3) is 0.333. The molecule has 76 valence electrons. The maximum Gasteiger partial charge on any atom is 1.00 e. The number of hydrogen-bond donors (Lipinski definition) is 1. The van der Waals surface area contributed by atoms with Crippen LogP contribution in [0.1, 0.15) is 11.1 Å². The molecule has 0 aliphatic heterocycles. The molecule has 1 aromatic rings. The van der Waals surface area contributed by atoms with E-state index in [1.54, 1.807) is 6.07 Å². The Labute approximate surface area is 129 Å². The Morgan fingerprint density at radius 1 is 1.13 bits per heavy atom. The van der Waals surface area contributed by atoms with Gasteiger partial charge in [0.1, 0.15) is 0 Å². The summed E-state index contributed by atoms with van der Waals surface area (Å²) in [7, 11) is 0. The van der Waals surface area contributed by atoms with Crippen molar-refractivity contribution in [2.24, 2.45) is 5.73 Å². The van der Waals surface area contributed by atoms with E-state index < -0.39 is 12.4 Å². The van der Waals surface area contributed by atoms with Crippen LogP contribution in [0.2, 0.25) is 0 Å². The van der Waals surface area contributed by atoms with Gasteiger partial charge in [-0.1, -0.05) is 18.2 Å². The van der Waals surface area contributed by atoms with Crippen molar-refractivity contribution in [3.63, 3.8) is 0 Å². The molecule has 1 aliphatic rings. The molecule has 2 rings (SSSR count). The largest absolute Gasteiger partial charge is 1.00 e. The zero-order valence-corrected chi connectivity index (χ0v) is 11.6. The molecule has 1 unspecified atom stereocenters. The summed E-state index contributed by atoms with van der Waals surface area (Å²) in [6.07, 6.45) is 1.26. The smallest absolute Gasteiger partial charge is 0.445 e. The van der Waals surface area contributed by atoms with Crippen LogP contribution in [0.15, 0.2) is 18.2 Å². The molecule has 1 atom stereocenters. The number of halogens is 3. The Morgan fingerprint density at radius 3 is 2.33 bits per heavy atom. The molecule has 1 nitrogen and oxygen atoms in total. The van der Waals surface area contributed by atoms with E-state index in [1.165, 1.54) is 6.07 Å². The first-order valence-electron chi connectivity index (χ1n) is 4.54. The van der Waals surface area contributed by atoms with Crippen molar-refractivity contribution < 1.29 is 64.3 Å². The van der Waals surface area contributed by atoms with Crippen molar-refractivity contribution in [2.45, 2.75) is 18.9 Å². The second kappa shape index (κ2) is 4.89. The number of nitrogens with two attached hydrogens (primary N) is 1. The number of rotatable bonds is 1. The summed E-state index contributed by atoms with van der Waals surface area (Å²) < 4.78 is 37.2. The van der Waals surface area contributed by atoms with Gasteiger partial charge in [-0.05, 0) is 24.0 Å². The van der Waals surface area contributed by atoms with Gasteiger partial charge in [-0.25, -0.2) is 0 Å². The molecule has 0 aromatic heterocycles. The van der Waals surface area contributed by atoms with Crippen molar-refractivity contribution in [1.29, 1.82) is 0 Å². The van der Waals surface area contributed by atoms with Gasteiger partial charge in [0.15, 0.2) is 0 Å². The molecule has 0 saturated carbocycles. The van der Waals surface area contributed by atoms with E-state index in [0.717, 1.165) is 17.2 Å². The molecule has 6 heteroatoms. The van der Waals surface area contributed by atoms with Gasteiger partial charge in [-0.2, -0.15) is 0 Å². The molecule has 1 aliphatic carbocycles. The summed E-state index contributed by atoms with van der Waals surface area (Å²) >= 11 is 0. The van der Waals surface area contributed by atoms with Crippen molar-refractivity contribution >= 4 is 12.4 Å². The Morgan fingerprint density at radius 2 is 1.73 bits per heavy atom. The van der Waals surface area contributed by atoms with E-state index in [-0.39, 0.29) is 57.4 Å². The van der Waals surface area contributed by atoms with Gasteiger partial charge in [0, 0.05) is 6.04 Å². The van der Waals surface area contributed by atoms with Crippen LogP contribution in [0.3, 0.4) is 0 Å². The Hall–Kier alpha value is 0.671. The van der Waals surface area contributed by atoms with Gasteiger partial charge in [0.25, 0.3) is 0 Å². The topological polar surface area (TPSA) is 26.0 Å². The zero-order valence-electron chi connectivity index (χ0n) is 8.51. The molecular formula is C9H10BF3KN. The average Bonchev–Trinajstić information content (AvgIpc) is 2.41. The van der Waals surface area contributed by atoms with Crippen molar-refractivity contribution in [1.82, 2.24) is 0 Å². The summed E-state index contributed by atoms with van der Waals surface area (Å²) in [5.74, 6) is 0. The molecule has 0 radical (unpaired) electrons. The Bertz CT molecular complexity index is 367. The van der Waals surface area contributed by atoms with Crippen LogP contribution in [0.5, 0.6) is 0 Å². The molecular weight excluding hydrogens is 229 g/mol. The number of benzene rings is 1. The quantitative estimate of drug-likeness (QED) is 0.573. The first-order chi connectivity index (χ1) is 6.47. The molecule has 0 saturated heterocycles. The second-order valence-electron chi connectivity index (χ2n) is 3.77. The van der Waals surface area contributed by atoms with E-state index in [2.05, 4.69) is 0 Å². The average molecular weight is 239 g/mol. The van der Waals surface area contributed by atoms with Gasteiger partial charge >= 0.3 is 58.4 Å². The van der Waals surface area contributed by atoms with Gasteiger partial charge in [-0.15, -0.1) is 5.46 Å². The third-order valence-corrected chi connectivity index (χ3v) is 2.57. The van der Waals surface area contributed by atoms with Crippen molar-refractivity contribution in [3.05, 3.63) is 29.3 Å². The number of fused-ring (bicyclic) bond motifs is 1. The van der Waals surface area contributed by atoms with Crippen LogP contribution in [0, 0.1) is 0 Å². The summed E-state index contributed by atoms with van der Waals surface area (Å²) in [5, 5.41) is 0.